The summed E-state index contributed by atoms with van der Waals surface area (Å²) in [4.78, 5) is 0. The second-order valence-corrected chi connectivity index (χ2v) is 7.82. The summed E-state index contributed by atoms with van der Waals surface area (Å²) in [5.41, 5.74) is -0.994. The smallest absolute Gasteiger partial charge is 0.214 e. The third-order valence-electron chi connectivity index (χ3n) is 3.11. The Morgan fingerprint density at radius 1 is 1.39 bits per heavy atom. The molecule has 1 aliphatic heterocycles. The van der Waals surface area contributed by atoms with Crippen LogP contribution in [0, 0.1) is 5.92 Å². The van der Waals surface area contributed by atoms with E-state index in [-0.39, 0.29) is 11.8 Å². The molecule has 0 radical (unpaired) electrons. The molecule has 0 saturated carbocycles. The largest absolute Gasteiger partial charge is 0.389 e. The van der Waals surface area contributed by atoms with Crippen LogP contribution in [-0.4, -0.2) is 44.1 Å². The second-order valence-electron chi connectivity index (χ2n) is 5.77. The Labute approximate surface area is 110 Å². The maximum atomic E-state index is 12.0. The molecular weight excluding hydrogens is 254 g/mol. The number of sulfonamides is 1. The van der Waals surface area contributed by atoms with Crippen LogP contribution in [0.15, 0.2) is 0 Å². The first kappa shape index (κ1) is 15.9. The fourth-order valence-electron chi connectivity index (χ4n) is 2.31. The number of hydrogen-bond donors (Lipinski definition) is 2. The molecule has 0 aromatic rings. The maximum Gasteiger partial charge on any atom is 0.214 e. The van der Waals surface area contributed by atoms with E-state index >= 15 is 0 Å². The topological polar surface area (TPSA) is 75.6 Å². The lowest BCUT2D eigenvalue weighted by Crippen LogP contribution is -2.45. The van der Waals surface area contributed by atoms with Gasteiger partial charge >= 0.3 is 0 Å². The standard InChI is InChI=1S/C12H25NO4S/c1-10(2)8-12(3,14)9-13-18(15,16)11-4-6-17-7-5-11/h10-11,13-14H,4-9H2,1-3H3. The van der Waals surface area contributed by atoms with Crippen molar-refractivity contribution in [1.82, 2.24) is 4.72 Å². The molecule has 0 spiro atoms. The van der Waals surface area contributed by atoms with Crippen molar-refractivity contribution in [2.45, 2.75) is 50.9 Å². The number of aliphatic hydroxyl groups is 1. The molecule has 6 heteroatoms. The van der Waals surface area contributed by atoms with Gasteiger partial charge in [-0.15, -0.1) is 0 Å². The van der Waals surface area contributed by atoms with Gasteiger partial charge in [-0.1, -0.05) is 13.8 Å². The SMILES string of the molecule is CC(C)CC(C)(O)CNS(=O)(=O)C1CCOCC1. The van der Waals surface area contributed by atoms with Gasteiger partial charge in [0.05, 0.1) is 10.9 Å². The van der Waals surface area contributed by atoms with Crippen molar-refractivity contribution < 1.29 is 18.3 Å². The first-order chi connectivity index (χ1) is 8.23. The second kappa shape index (κ2) is 6.32. The molecule has 1 saturated heterocycles. The van der Waals surface area contributed by atoms with Gasteiger partial charge in [0, 0.05) is 19.8 Å². The zero-order chi connectivity index (χ0) is 13.8. The molecule has 1 heterocycles. The molecule has 0 aromatic carbocycles. The summed E-state index contributed by atoms with van der Waals surface area (Å²) in [7, 11) is -3.34. The third kappa shape index (κ3) is 5.22. The number of ether oxygens (including phenoxy) is 1. The molecule has 2 N–H and O–H groups in total. The van der Waals surface area contributed by atoms with Gasteiger partial charge in [0.15, 0.2) is 0 Å². The molecule has 0 amide bonds. The van der Waals surface area contributed by atoms with E-state index in [4.69, 9.17) is 4.74 Å². The summed E-state index contributed by atoms with van der Waals surface area (Å²) in [6.45, 7) is 6.73. The highest BCUT2D eigenvalue weighted by atomic mass is 32.2. The van der Waals surface area contributed by atoms with E-state index < -0.39 is 15.6 Å². The van der Waals surface area contributed by atoms with E-state index in [2.05, 4.69) is 4.72 Å². The fourth-order valence-corrected chi connectivity index (χ4v) is 3.87. The Bertz CT molecular complexity index is 345. The molecule has 0 aliphatic carbocycles. The lowest BCUT2D eigenvalue weighted by molar-refractivity contribution is 0.0434. The summed E-state index contributed by atoms with van der Waals surface area (Å²) < 4.78 is 31.8. The van der Waals surface area contributed by atoms with E-state index in [1.165, 1.54) is 0 Å². The van der Waals surface area contributed by atoms with Crippen LogP contribution >= 0.6 is 0 Å². The van der Waals surface area contributed by atoms with Gasteiger partial charge in [0.2, 0.25) is 10.0 Å². The average molecular weight is 279 g/mol. The van der Waals surface area contributed by atoms with E-state index in [9.17, 15) is 13.5 Å². The van der Waals surface area contributed by atoms with Gasteiger partial charge in [0.25, 0.3) is 0 Å². The van der Waals surface area contributed by atoms with Gasteiger partial charge in [-0.25, -0.2) is 13.1 Å². The van der Waals surface area contributed by atoms with E-state index in [1.807, 2.05) is 13.8 Å². The minimum Gasteiger partial charge on any atom is -0.389 e. The average Bonchev–Trinajstić information content (AvgIpc) is 2.26. The van der Waals surface area contributed by atoms with Crippen LogP contribution in [0.25, 0.3) is 0 Å². The summed E-state index contributed by atoms with van der Waals surface area (Å²) in [6, 6.07) is 0. The molecule has 1 rings (SSSR count). The fraction of sp³-hybridized carbons (Fsp3) is 1.00. The Morgan fingerprint density at radius 2 is 1.94 bits per heavy atom. The minimum atomic E-state index is -3.34. The summed E-state index contributed by atoms with van der Waals surface area (Å²) >= 11 is 0. The summed E-state index contributed by atoms with van der Waals surface area (Å²) in [5, 5.41) is 9.71. The van der Waals surface area contributed by atoms with Crippen molar-refractivity contribution in [3.05, 3.63) is 0 Å². The Hall–Kier alpha value is -0.170. The number of rotatable bonds is 6. The van der Waals surface area contributed by atoms with Crippen LogP contribution in [-0.2, 0) is 14.8 Å². The quantitative estimate of drug-likeness (QED) is 0.757. The Morgan fingerprint density at radius 3 is 2.44 bits per heavy atom. The molecule has 1 atom stereocenters. The maximum absolute atomic E-state index is 12.0. The number of hydrogen-bond acceptors (Lipinski definition) is 4. The van der Waals surface area contributed by atoms with Crippen molar-refractivity contribution in [2.75, 3.05) is 19.8 Å². The predicted molar refractivity (Wildman–Crippen MR) is 70.8 cm³/mol. The lowest BCUT2D eigenvalue weighted by Gasteiger charge is -2.28. The monoisotopic (exact) mass is 279 g/mol. The third-order valence-corrected chi connectivity index (χ3v) is 5.01. The van der Waals surface area contributed by atoms with Crippen LogP contribution in [0.2, 0.25) is 0 Å². The molecule has 108 valence electrons. The van der Waals surface area contributed by atoms with Crippen molar-refractivity contribution in [2.24, 2.45) is 5.92 Å². The predicted octanol–water partition coefficient (Wildman–Crippen LogP) is 0.882. The highest BCUT2D eigenvalue weighted by Crippen LogP contribution is 2.18. The Kier molecular flexibility index (Phi) is 5.58. The molecule has 1 aliphatic rings. The lowest BCUT2D eigenvalue weighted by atomic mass is 9.95. The van der Waals surface area contributed by atoms with Gasteiger partial charge in [-0.3, -0.25) is 0 Å². The molecule has 5 nitrogen and oxygen atoms in total. The molecule has 0 bridgehead atoms. The van der Waals surface area contributed by atoms with Crippen LogP contribution in [0.3, 0.4) is 0 Å². The summed E-state index contributed by atoms with van der Waals surface area (Å²) in [6.07, 6.45) is 1.63. The molecule has 1 unspecified atom stereocenters. The van der Waals surface area contributed by atoms with Crippen LogP contribution < -0.4 is 4.72 Å². The zero-order valence-corrected chi connectivity index (χ0v) is 12.3. The van der Waals surface area contributed by atoms with E-state index in [0.717, 1.165) is 0 Å². The number of nitrogens with one attached hydrogen (secondary N) is 1. The summed E-state index contributed by atoms with van der Waals surface area (Å²) in [5.74, 6) is 0.326. The normalized spacial score (nSPS) is 22.1. The molecular formula is C12H25NO4S. The van der Waals surface area contributed by atoms with Gasteiger partial charge < -0.3 is 9.84 Å². The zero-order valence-electron chi connectivity index (χ0n) is 11.5. The Balaban J connectivity index is 2.50. The van der Waals surface area contributed by atoms with Crippen LogP contribution in [0.1, 0.15) is 40.0 Å². The van der Waals surface area contributed by atoms with Gasteiger partial charge in [-0.05, 0) is 32.1 Å². The molecule has 18 heavy (non-hydrogen) atoms. The van der Waals surface area contributed by atoms with Crippen molar-refractivity contribution in [3.8, 4) is 0 Å². The van der Waals surface area contributed by atoms with Crippen molar-refractivity contribution in [3.63, 3.8) is 0 Å². The van der Waals surface area contributed by atoms with E-state index in [1.54, 1.807) is 6.92 Å². The highest BCUT2D eigenvalue weighted by molar-refractivity contribution is 7.90. The van der Waals surface area contributed by atoms with Crippen molar-refractivity contribution in [1.29, 1.82) is 0 Å². The first-order valence-corrected chi connectivity index (χ1v) is 8.06. The van der Waals surface area contributed by atoms with Gasteiger partial charge in [0.1, 0.15) is 0 Å². The van der Waals surface area contributed by atoms with Crippen molar-refractivity contribution >= 4 is 10.0 Å². The van der Waals surface area contributed by atoms with Crippen LogP contribution in [0.4, 0.5) is 0 Å². The first-order valence-electron chi connectivity index (χ1n) is 6.51. The van der Waals surface area contributed by atoms with E-state index in [0.29, 0.717) is 38.4 Å². The molecule has 1 fully saturated rings. The minimum absolute atomic E-state index is 0.0743. The van der Waals surface area contributed by atoms with Gasteiger partial charge in [-0.2, -0.15) is 0 Å². The molecule has 0 aromatic heterocycles. The highest BCUT2D eigenvalue weighted by Gasteiger charge is 2.30. The van der Waals surface area contributed by atoms with Crippen LogP contribution in [0.5, 0.6) is 0 Å².